The van der Waals surface area contributed by atoms with Gasteiger partial charge in [-0.1, -0.05) is 24.3 Å². The molecule has 0 fully saturated rings. The van der Waals surface area contributed by atoms with Crippen LogP contribution < -0.4 is 0 Å². The first-order valence-electron chi connectivity index (χ1n) is 7.84. The van der Waals surface area contributed by atoms with Gasteiger partial charge >= 0.3 is 0 Å². The van der Waals surface area contributed by atoms with Crippen molar-refractivity contribution in [1.82, 2.24) is 14.5 Å². The van der Waals surface area contributed by atoms with Crippen LogP contribution in [-0.2, 0) is 9.84 Å². The third-order valence-corrected chi connectivity index (χ3v) is 5.88. The maximum atomic E-state index is 13.2. The molecule has 27 heavy (non-hydrogen) atoms. The molecule has 0 aliphatic carbocycles. The second-order valence-electron chi connectivity index (χ2n) is 5.72. The van der Waals surface area contributed by atoms with Crippen molar-refractivity contribution in [1.29, 1.82) is 0 Å². The van der Waals surface area contributed by atoms with Gasteiger partial charge in [0.1, 0.15) is 0 Å². The molecule has 2 heterocycles. The Labute approximate surface area is 153 Å². The van der Waals surface area contributed by atoms with Crippen LogP contribution in [0.15, 0.2) is 83.4 Å². The van der Waals surface area contributed by atoms with Crippen LogP contribution in [-0.4, -0.2) is 27.9 Å². The quantitative estimate of drug-likeness (QED) is 0.397. The lowest BCUT2D eigenvalue weighted by atomic mass is 10.2. The van der Waals surface area contributed by atoms with E-state index < -0.39 is 25.3 Å². The van der Waals surface area contributed by atoms with Crippen molar-refractivity contribution in [2.45, 2.75) is 9.92 Å². The molecule has 0 atom stereocenters. The Bertz CT molecular complexity index is 1260. The van der Waals surface area contributed by atoms with Gasteiger partial charge in [-0.15, -0.1) is 0 Å². The molecule has 4 rings (SSSR count). The van der Waals surface area contributed by atoms with Crippen molar-refractivity contribution in [3.05, 3.63) is 83.6 Å². The Balaban J connectivity index is 1.95. The smallest absolute Gasteiger partial charge is 0.290 e. The molecule has 0 aliphatic rings. The van der Waals surface area contributed by atoms with E-state index in [0.717, 1.165) is 0 Å². The molecule has 2 aromatic carbocycles. The number of benzene rings is 2. The van der Waals surface area contributed by atoms with Crippen LogP contribution in [0.4, 0.5) is 5.69 Å². The molecule has 0 saturated heterocycles. The van der Waals surface area contributed by atoms with Gasteiger partial charge in [0, 0.05) is 30.0 Å². The number of rotatable bonds is 4. The zero-order chi connectivity index (χ0) is 19.0. The van der Waals surface area contributed by atoms with Crippen LogP contribution in [0.5, 0.6) is 0 Å². The van der Waals surface area contributed by atoms with Crippen LogP contribution in [0.2, 0.25) is 0 Å². The van der Waals surface area contributed by atoms with Crippen molar-refractivity contribution in [3.63, 3.8) is 0 Å². The highest BCUT2D eigenvalue weighted by Crippen LogP contribution is 2.33. The lowest BCUT2D eigenvalue weighted by Crippen LogP contribution is -2.09. The molecule has 2 aromatic heterocycles. The largest absolute Gasteiger partial charge is 0.306 e. The van der Waals surface area contributed by atoms with Gasteiger partial charge in [0.05, 0.1) is 16.9 Å². The van der Waals surface area contributed by atoms with E-state index in [9.17, 15) is 18.5 Å². The normalized spacial score (nSPS) is 11.6. The third-order valence-electron chi connectivity index (χ3n) is 4.12. The topological polar surface area (TPSA) is 108 Å². The predicted molar refractivity (Wildman–Crippen MR) is 97.4 cm³/mol. The van der Waals surface area contributed by atoms with Crippen molar-refractivity contribution in [2.75, 3.05) is 0 Å². The molecule has 134 valence electrons. The van der Waals surface area contributed by atoms with Crippen molar-refractivity contribution in [3.8, 4) is 5.69 Å². The maximum absolute atomic E-state index is 13.2. The van der Waals surface area contributed by atoms with E-state index in [2.05, 4.69) is 9.97 Å². The summed E-state index contributed by atoms with van der Waals surface area (Å²) in [5.41, 5.74) is -0.0834. The van der Waals surface area contributed by atoms with Gasteiger partial charge in [0.15, 0.2) is 9.92 Å². The Morgan fingerprint density at radius 3 is 2.59 bits per heavy atom. The summed E-state index contributed by atoms with van der Waals surface area (Å²) in [4.78, 5) is 18.4. The molecular weight excluding hydrogens is 368 g/mol. The maximum Gasteiger partial charge on any atom is 0.290 e. The summed E-state index contributed by atoms with van der Waals surface area (Å²) in [5.74, 6) is 0. The summed E-state index contributed by atoms with van der Waals surface area (Å²) in [6.45, 7) is 0. The van der Waals surface area contributed by atoms with Gasteiger partial charge in [-0.05, 0) is 23.6 Å². The van der Waals surface area contributed by atoms with E-state index in [1.54, 1.807) is 41.1 Å². The predicted octanol–water partition coefficient (Wildman–Crippen LogP) is 3.16. The molecule has 9 heteroatoms. The summed E-state index contributed by atoms with van der Waals surface area (Å²) in [6, 6.07) is 12.5. The molecule has 8 nitrogen and oxygen atoms in total. The molecule has 4 aromatic rings. The number of imidazole rings is 1. The minimum atomic E-state index is -4.20. The molecule has 0 aliphatic heterocycles. The van der Waals surface area contributed by atoms with Crippen molar-refractivity contribution >= 4 is 26.3 Å². The van der Waals surface area contributed by atoms with Gasteiger partial charge < -0.3 is 4.57 Å². The second-order valence-corrected chi connectivity index (χ2v) is 7.55. The van der Waals surface area contributed by atoms with E-state index in [-0.39, 0.29) is 5.03 Å². The van der Waals surface area contributed by atoms with Crippen LogP contribution in [0.1, 0.15) is 0 Å². The fraction of sp³-hybridized carbons (Fsp3) is 0. The van der Waals surface area contributed by atoms with E-state index in [1.807, 2.05) is 0 Å². The molecule has 0 amide bonds. The van der Waals surface area contributed by atoms with Crippen LogP contribution in [0.3, 0.4) is 0 Å². The van der Waals surface area contributed by atoms with E-state index in [4.69, 9.17) is 0 Å². The minimum absolute atomic E-state index is 0.209. The first-order chi connectivity index (χ1) is 13.0. The average molecular weight is 380 g/mol. The number of hydrogen-bond donors (Lipinski definition) is 0. The van der Waals surface area contributed by atoms with Gasteiger partial charge in [-0.2, -0.15) is 0 Å². The molecular formula is C18H12N4O4S. The summed E-state index contributed by atoms with van der Waals surface area (Å²) < 4.78 is 27.9. The van der Waals surface area contributed by atoms with E-state index >= 15 is 0 Å². The number of fused-ring (bicyclic) bond motifs is 1. The zero-order valence-corrected chi connectivity index (χ0v) is 14.6. The Morgan fingerprint density at radius 2 is 1.85 bits per heavy atom. The lowest BCUT2D eigenvalue weighted by Gasteiger charge is -2.09. The number of pyridine rings is 1. The molecule has 0 N–H and O–H groups in total. The summed E-state index contributed by atoms with van der Waals surface area (Å²) >= 11 is 0. The van der Waals surface area contributed by atoms with Gasteiger partial charge in [-0.3, -0.25) is 10.1 Å². The van der Waals surface area contributed by atoms with Crippen molar-refractivity contribution in [2.24, 2.45) is 0 Å². The molecule has 0 unspecified atom stereocenters. The fourth-order valence-electron chi connectivity index (χ4n) is 2.86. The second kappa shape index (κ2) is 6.29. The number of aromatic nitrogens is 3. The number of sulfone groups is 1. The summed E-state index contributed by atoms with van der Waals surface area (Å²) in [6.07, 6.45) is 5.98. The SMILES string of the molecule is O=[N+]([O-])c1cc(-n2ccnc2)ccc1S(=O)(=O)c1nccc2ccccc12. The lowest BCUT2D eigenvalue weighted by molar-refractivity contribution is -0.387. The number of nitro benzene ring substituents is 1. The Kier molecular flexibility index (Phi) is 3.93. The standard InChI is InChI=1S/C18H12N4O4S/c23-22(24)16-11-14(21-10-9-19-12-21)5-6-17(16)27(25,26)18-15-4-2-1-3-13(15)7-8-20-18/h1-12H. The summed E-state index contributed by atoms with van der Waals surface area (Å²) in [5, 5.41) is 12.5. The van der Waals surface area contributed by atoms with Gasteiger partial charge in [0.2, 0.25) is 9.84 Å². The number of hydrogen-bond acceptors (Lipinski definition) is 6. The summed E-state index contributed by atoms with van der Waals surface area (Å²) in [7, 11) is -4.20. The number of nitrogens with zero attached hydrogens (tertiary/aromatic N) is 4. The van der Waals surface area contributed by atoms with Crippen LogP contribution >= 0.6 is 0 Å². The van der Waals surface area contributed by atoms with Gasteiger partial charge in [0.25, 0.3) is 5.69 Å². The minimum Gasteiger partial charge on any atom is -0.306 e. The average Bonchev–Trinajstić information content (AvgIpc) is 3.21. The van der Waals surface area contributed by atoms with Gasteiger partial charge in [-0.25, -0.2) is 18.4 Å². The van der Waals surface area contributed by atoms with Crippen LogP contribution in [0.25, 0.3) is 16.5 Å². The van der Waals surface area contributed by atoms with Crippen LogP contribution in [0, 0.1) is 10.1 Å². The molecule has 0 spiro atoms. The fourth-order valence-corrected chi connectivity index (χ4v) is 4.40. The molecule has 0 bridgehead atoms. The highest BCUT2D eigenvalue weighted by Gasteiger charge is 2.30. The monoisotopic (exact) mass is 380 g/mol. The zero-order valence-electron chi connectivity index (χ0n) is 13.8. The molecule has 0 saturated carbocycles. The van der Waals surface area contributed by atoms with E-state index in [1.165, 1.54) is 36.9 Å². The molecule has 0 radical (unpaired) electrons. The Morgan fingerprint density at radius 1 is 1.04 bits per heavy atom. The highest BCUT2D eigenvalue weighted by atomic mass is 32.2. The highest BCUT2D eigenvalue weighted by molar-refractivity contribution is 7.91. The van der Waals surface area contributed by atoms with E-state index in [0.29, 0.717) is 16.5 Å². The number of nitro groups is 1. The third kappa shape index (κ3) is 2.83. The Hall–Kier alpha value is -3.59. The first kappa shape index (κ1) is 16.9. The van der Waals surface area contributed by atoms with Crippen molar-refractivity contribution < 1.29 is 13.3 Å². The first-order valence-corrected chi connectivity index (χ1v) is 9.32.